The fraction of sp³-hybridized carbons (Fsp3) is 0.812. The van der Waals surface area contributed by atoms with Crippen molar-refractivity contribution in [3.05, 3.63) is 0 Å². The van der Waals surface area contributed by atoms with Crippen LogP contribution in [0.4, 0.5) is 0 Å². The first kappa shape index (κ1) is 19.3. The van der Waals surface area contributed by atoms with E-state index in [4.69, 9.17) is 0 Å². The molecule has 0 aliphatic heterocycles. The van der Waals surface area contributed by atoms with Gasteiger partial charge in [0.05, 0.1) is 6.54 Å². The summed E-state index contributed by atoms with van der Waals surface area (Å²) in [6, 6.07) is 0. The maximum atomic E-state index is 11.7. The van der Waals surface area contributed by atoms with Gasteiger partial charge in [0.25, 0.3) is 0 Å². The van der Waals surface area contributed by atoms with Crippen LogP contribution in [0, 0.1) is 11.3 Å². The van der Waals surface area contributed by atoms with Gasteiger partial charge in [-0.25, -0.2) is 0 Å². The van der Waals surface area contributed by atoms with Crippen molar-refractivity contribution in [3.63, 3.8) is 0 Å². The molecule has 0 aromatic heterocycles. The molecular weight excluding hydrogens is 294 g/mol. The maximum Gasteiger partial charge on any atom is 0.225 e. The van der Waals surface area contributed by atoms with E-state index >= 15 is 0 Å². The van der Waals surface area contributed by atoms with Gasteiger partial charge in [-0.1, -0.05) is 20.8 Å². The second-order valence-electron chi connectivity index (χ2n) is 6.76. The van der Waals surface area contributed by atoms with Crippen LogP contribution in [-0.2, 0) is 9.59 Å². The van der Waals surface area contributed by atoms with E-state index in [0.717, 1.165) is 19.4 Å². The maximum absolute atomic E-state index is 11.7. The summed E-state index contributed by atoms with van der Waals surface area (Å²) >= 11 is 0. The summed E-state index contributed by atoms with van der Waals surface area (Å²) in [4.78, 5) is 27.6. The number of hydrogen-bond donors (Lipinski definition) is 4. The smallest absolute Gasteiger partial charge is 0.225 e. The van der Waals surface area contributed by atoms with Crippen molar-refractivity contribution in [1.82, 2.24) is 21.3 Å². The third-order valence-corrected chi connectivity index (χ3v) is 3.36. The lowest BCUT2D eigenvalue weighted by Crippen LogP contribution is -2.43. The van der Waals surface area contributed by atoms with Gasteiger partial charge in [-0.15, -0.1) is 0 Å². The Kier molecular flexibility index (Phi) is 7.85. The van der Waals surface area contributed by atoms with Crippen LogP contribution in [0.3, 0.4) is 0 Å². The highest BCUT2D eigenvalue weighted by molar-refractivity contribution is 5.82. The van der Waals surface area contributed by atoms with Gasteiger partial charge in [-0.05, 0) is 19.8 Å². The van der Waals surface area contributed by atoms with Crippen LogP contribution in [-0.4, -0.2) is 50.5 Å². The zero-order valence-electron chi connectivity index (χ0n) is 14.8. The number of aliphatic imine (C=N–C) groups is 1. The molecule has 0 heterocycles. The number of guanidine groups is 1. The van der Waals surface area contributed by atoms with E-state index in [1.807, 2.05) is 27.7 Å². The van der Waals surface area contributed by atoms with Crippen molar-refractivity contribution >= 4 is 17.8 Å². The molecule has 23 heavy (non-hydrogen) atoms. The number of carbonyl (C=O) groups excluding carboxylic acids is 2. The summed E-state index contributed by atoms with van der Waals surface area (Å²) in [6.45, 7) is 10.6. The zero-order valence-corrected chi connectivity index (χ0v) is 14.8. The van der Waals surface area contributed by atoms with Crippen molar-refractivity contribution in [1.29, 1.82) is 0 Å². The Hall–Kier alpha value is -1.79. The lowest BCUT2D eigenvalue weighted by Gasteiger charge is -2.18. The lowest BCUT2D eigenvalue weighted by atomic mass is 9.96. The summed E-state index contributed by atoms with van der Waals surface area (Å²) < 4.78 is 0. The molecule has 0 bridgehead atoms. The first-order valence-corrected chi connectivity index (χ1v) is 8.42. The average Bonchev–Trinajstić information content (AvgIpc) is 3.30. The molecule has 0 radical (unpaired) electrons. The minimum Gasteiger partial charge on any atom is -0.357 e. The van der Waals surface area contributed by atoms with Crippen molar-refractivity contribution in [3.8, 4) is 0 Å². The molecule has 1 aliphatic rings. The van der Waals surface area contributed by atoms with Crippen molar-refractivity contribution in [2.45, 2.75) is 40.5 Å². The molecule has 1 fully saturated rings. The van der Waals surface area contributed by atoms with Gasteiger partial charge in [0.1, 0.15) is 0 Å². The van der Waals surface area contributed by atoms with Gasteiger partial charge >= 0.3 is 0 Å². The van der Waals surface area contributed by atoms with Crippen LogP contribution in [0.1, 0.15) is 40.5 Å². The van der Waals surface area contributed by atoms with E-state index in [1.165, 1.54) is 0 Å². The van der Waals surface area contributed by atoms with Gasteiger partial charge < -0.3 is 21.3 Å². The van der Waals surface area contributed by atoms with E-state index in [-0.39, 0.29) is 23.1 Å². The van der Waals surface area contributed by atoms with E-state index in [0.29, 0.717) is 32.1 Å². The molecule has 7 nitrogen and oxygen atoms in total. The predicted octanol–water partition coefficient (Wildman–Crippen LogP) is 0.230. The number of nitrogens with zero attached hydrogens (tertiary/aromatic N) is 1. The number of hydrogen-bond acceptors (Lipinski definition) is 3. The molecule has 132 valence electrons. The summed E-state index contributed by atoms with van der Waals surface area (Å²) in [7, 11) is 0. The van der Waals surface area contributed by atoms with Crippen LogP contribution in [0.5, 0.6) is 0 Å². The summed E-state index contributed by atoms with van der Waals surface area (Å²) in [5.74, 6) is 1.10. The monoisotopic (exact) mass is 325 g/mol. The quantitative estimate of drug-likeness (QED) is 0.292. The summed E-state index contributed by atoms with van der Waals surface area (Å²) in [5, 5.41) is 12.1. The fourth-order valence-corrected chi connectivity index (χ4v) is 1.80. The zero-order chi connectivity index (χ0) is 17.3. The minimum atomic E-state index is -0.377. The molecule has 0 spiro atoms. The average molecular weight is 325 g/mol. The van der Waals surface area contributed by atoms with E-state index in [9.17, 15) is 9.59 Å². The van der Waals surface area contributed by atoms with E-state index in [2.05, 4.69) is 26.3 Å². The predicted molar refractivity (Wildman–Crippen MR) is 92.2 cm³/mol. The van der Waals surface area contributed by atoms with Crippen LogP contribution in [0.15, 0.2) is 4.99 Å². The minimum absolute atomic E-state index is 0.0315. The molecule has 1 saturated carbocycles. The Bertz CT molecular complexity index is 425. The second kappa shape index (κ2) is 9.37. The molecule has 0 atom stereocenters. The molecule has 0 aromatic carbocycles. The van der Waals surface area contributed by atoms with Gasteiger partial charge in [0.2, 0.25) is 11.8 Å². The molecule has 0 saturated heterocycles. The molecule has 4 N–H and O–H groups in total. The van der Waals surface area contributed by atoms with Gasteiger partial charge in [0.15, 0.2) is 5.96 Å². The van der Waals surface area contributed by atoms with Gasteiger partial charge in [-0.2, -0.15) is 0 Å². The first-order chi connectivity index (χ1) is 10.8. The standard InChI is InChI=1S/C16H31N5O2/c1-5-17-15(20-10-8-18-13(22)12-6-7-12)21-11-9-19-14(23)16(2,3)4/h12H,5-11H2,1-4H3,(H,18,22)(H,19,23)(H2,17,20,21). The normalized spacial score (nSPS) is 15.0. The number of carbonyl (C=O) groups is 2. The Balaban J connectivity index is 2.20. The summed E-state index contributed by atoms with van der Waals surface area (Å²) in [6.07, 6.45) is 2.03. The van der Waals surface area contributed by atoms with E-state index < -0.39 is 0 Å². The van der Waals surface area contributed by atoms with Crippen LogP contribution >= 0.6 is 0 Å². The molecule has 7 heteroatoms. The van der Waals surface area contributed by atoms with Gasteiger partial charge in [-0.3, -0.25) is 14.6 Å². The molecular formula is C16H31N5O2. The van der Waals surface area contributed by atoms with Crippen molar-refractivity contribution < 1.29 is 9.59 Å². The Morgan fingerprint density at radius 1 is 1.00 bits per heavy atom. The first-order valence-electron chi connectivity index (χ1n) is 8.42. The highest BCUT2D eigenvalue weighted by Gasteiger charge is 2.28. The lowest BCUT2D eigenvalue weighted by molar-refractivity contribution is -0.128. The van der Waals surface area contributed by atoms with Gasteiger partial charge in [0, 0.05) is 37.5 Å². The third-order valence-electron chi connectivity index (χ3n) is 3.36. The van der Waals surface area contributed by atoms with Crippen molar-refractivity contribution in [2.75, 3.05) is 32.7 Å². The Morgan fingerprint density at radius 3 is 2.22 bits per heavy atom. The molecule has 1 aliphatic carbocycles. The fourth-order valence-electron chi connectivity index (χ4n) is 1.80. The highest BCUT2D eigenvalue weighted by Crippen LogP contribution is 2.28. The summed E-state index contributed by atoms with van der Waals surface area (Å²) in [5.41, 5.74) is -0.377. The SMILES string of the molecule is CCNC(=NCCNC(=O)C1CC1)NCCNC(=O)C(C)(C)C. The molecule has 1 rings (SSSR count). The Morgan fingerprint density at radius 2 is 1.65 bits per heavy atom. The number of rotatable bonds is 8. The highest BCUT2D eigenvalue weighted by atomic mass is 16.2. The Labute approximate surface area is 139 Å². The topological polar surface area (TPSA) is 94.6 Å². The second-order valence-corrected chi connectivity index (χ2v) is 6.76. The third kappa shape index (κ3) is 8.42. The molecule has 0 aromatic rings. The number of nitrogens with one attached hydrogen (secondary N) is 4. The van der Waals surface area contributed by atoms with Crippen LogP contribution in [0.2, 0.25) is 0 Å². The van der Waals surface area contributed by atoms with E-state index in [1.54, 1.807) is 0 Å². The molecule has 0 unspecified atom stereocenters. The van der Waals surface area contributed by atoms with Crippen LogP contribution in [0.25, 0.3) is 0 Å². The molecule has 2 amide bonds. The van der Waals surface area contributed by atoms with Crippen LogP contribution < -0.4 is 21.3 Å². The number of amides is 2. The largest absolute Gasteiger partial charge is 0.357 e. The van der Waals surface area contributed by atoms with Crippen molar-refractivity contribution in [2.24, 2.45) is 16.3 Å².